The molecule has 28 heavy (non-hydrogen) atoms. The van der Waals surface area contributed by atoms with E-state index in [0.717, 1.165) is 45.6 Å². The number of aryl methyl sites for hydroxylation is 2. The molecule has 0 atom stereocenters. The largest absolute Gasteiger partial charge is 0.365 e. The van der Waals surface area contributed by atoms with Crippen molar-refractivity contribution < 1.29 is 5.41 Å². The first-order valence-electron chi connectivity index (χ1n) is 9.24. The van der Waals surface area contributed by atoms with Crippen molar-refractivity contribution in [3.05, 3.63) is 28.8 Å². The zero-order valence-corrected chi connectivity index (χ0v) is 18.3. The Hall–Kier alpha value is -2.32. The van der Waals surface area contributed by atoms with Crippen LogP contribution in [0.2, 0.25) is 5.02 Å². The van der Waals surface area contributed by atoms with Crippen LogP contribution in [0.25, 0.3) is 21.3 Å². The van der Waals surface area contributed by atoms with Crippen LogP contribution >= 0.6 is 22.9 Å². The molecular formula is C19H25ClN7S+. The minimum atomic E-state index is 0.325. The molecule has 0 bridgehead atoms. The topological polar surface area (TPSA) is 94.1 Å². The highest BCUT2D eigenvalue weighted by Gasteiger charge is 2.22. The first-order valence-corrected chi connectivity index (χ1v) is 10.4. The first-order chi connectivity index (χ1) is 13.3. The van der Waals surface area contributed by atoms with Crippen LogP contribution in [0.15, 0.2) is 12.4 Å². The number of nitrogens with one attached hydrogen (secondary N) is 1. The van der Waals surface area contributed by atoms with Crippen molar-refractivity contribution >= 4 is 34.5 Å². The molecule has 0 saturated heterocycles. The van der Waals surface area contributed by atoms with E-state index < -0.39 is 0 Å². The maximum Gasteiger partial charge on any atom is 0.199 e. The lowest BCUT2D eigenvalue weighted by Gasteiger charge is -2.18. The number of nitrogens with zero attached hydrogens (tertiary/aromatic N) is 5. The Labute approximate surface area is 173 Å². The van der Waals surface area contributed by atoms with Crippen molar-refractivity contribution in [2.24, 2.45) is 7.05 Å². The molecule has 9 heteroatoms. The van der Waals surface area contributed by atoms with Gasteiger partial charge in [-0.3, -0.25) is 5.41 Å². The highest BCUT2D eigenvalue weighted by atomic mass is 35.5. The Morgan fingerprint density at radius 1 is 1.32 bits per heavy atom. The number of hydrogen-bond donors (Lipinski definition) is 2. The molecule has 3 heterocycles. The molecule has 0 fully saturated rings. The van der Waals surface area contributed by atoms with Gasteiger partial charge in [0, 0.05) is 20.0 Å². The molecule has 0 aliphatic carbocycles. The molecule has 7 nitrogen and oxygen atoms in total. The molecule has 148 valence electrons. The average Bonchev–Trinajstić information content (AvgIpc) is 3.24. The normalized spacial score (nSPS) is 11.2. The molecule has 0 aromatic carbocycles. The zero-order chi connectivity index (χ0) is 20.4. The summed E-state index contributed by atoms with van der Waals surface area (Å²) in [5.74, 6) is 1.48. The van der Waals surface area contributed by atoms with Gasteiger partial charge in [0.1, 0.15) is 12.0 Å². The summed E-state index contributed by atoms with van der Waals surface area (Å²) in [7, 11) is 1.85. The predicted molar refractivity (Wildman–Crippen MR) is 115 cm³/mol. The fourth-order valence-electron chi connectivity index (χ4n) is 2.96. The van der Waals surface area contributed by atoms with Crippen molar-refractivity contribution in [2.75, 3.05) is 5.32 Å². The first kappa shape index (κ1) is 20.4. The van der Waals surface area contributed by atoms with E-state index in [9.17, 15) is 0 Å². The van der Waals surface area contributed by atoms with Gasteiger partial charge in [-0.1, -0.05) is 25.4 Å². The Morgan fingerprint density at radius 3 is 2.61 bits per heavy atom. The Bertz CT molecular complexity index is 1000. The highest BCUT2D eigenvalue weighted by Crippen LogP contribution is 2.40. The van der Waals surface area contributed by atoms with E-state index in [4.69, 9.17) is 27.0 Å². The highest BCUT2D eigenvalue weighted by molar-refractivity contribution is 7.19. The molecule has 0 saturated carbocycles. The predicted octanol–water partition coefficient (Wildman–Crippen LogP) is 3.13. The smallest absolute Gasteiger partial charge is 0.199 e. The van der Waals surface area contributed by atoms with Crippen molar-refractivity contribution in [2.45, 2.75) is 46.6 Å². The standard InChI is InChI=1S/C19H24ClN7S/c1-6-12(7-2)25-18-15(10(3)21)26-16(11(4)24-18)17-13(20)8-14(28-17)19-22-9-23-27(19)5/h8-9,12,21H,6-7H2,1-5H3,(H,24,25)/p+1. The lowest BCUT2D eigenvalue weighted by molar-refractivity contribution is -0.113. The summed E-state index contributed by atoms with van der Waals surface area (Å²) >= 11 is 8.07. The van der Waals surface area contributed by atoms with Gasteiger partial charge in [0.05, 0.1) is 20.5 Å². The minimum absolute atomic E-state index is 0.325. The molecule has 3 rings (SSSR count). The summed E-state index contributed by atoms with van der Waals surface area (Å²) in [6, 6.07) is 2.22. The van der Waals surface area contributed by atoms with Crippen molar-refractivity contribution in [3.63, 3.8) is 0 Å². The van der Waals surface area contributed by atoms with E-state index in [1.807, 2.05) is 27.0 Å². The summed E-state index contributed by atoms with van der Waals surface area (Å²) in [6.45, 7) is 8.07. The molecule has 3 aromatic rings. The number of rotatable bonds is 7. The summed E-state index contributed by atoms with van der Waals surface area (Å²) in [5.41, 5.74) is 2.81. The van der Waals surface area contributed by atoms with Gasteiger partial charge in [0.2, 0.25) is 0 Å². The van der Waals surface area contributed by atoms with Gasteiger partial charge in [-0.15, -0.1) is 11.3 Å². The third kappa shape index (κ3) is 3.93. The van der Waals surface area contributed by atoms with Crippen LogP contribution in [-0.4, -0.2) is 36.5 Å². The van der Waals surface area contributed by atoms with Crippen LogP contribution in [0, 0.1) is 6.92 Å². The summed E-state index contributed by atoms with van der Waals surface area (Å²) in [6.07, 6.45) is 3.52. The van der Waals surface area contributed by atoms with E-state index in [1.54, 1.807) is 4.68 Å². The molecule has 3 aromatic heterocycles. The molecule has 3 N–H and O–H groups in total. The van der Waals surface area contributed by atoms with Gasteiger partial charge in [-0.25, -0.2) is 19.6 Å². The van der Waals surface area contributed by atoms with Crippen LogP contribution in [0.1, 0.15) is 45.0 Å². The second-order valence-corrected chi connectivity index (χ2v) is 8.15. The number of hydrogen-bond acceptors (Lipinski definition) is 6. The Kier molecular flexibility index (Phi) is 6.10. The Balaban J connectivity index is 2.08. The van der Waals surface area contributed by atoms with Crippen LogP contribution in [0.4, 0.5) is 5.82 Å². The lowest BCUT2D eigenvalue weighted by atomic mass is 10.1. The van der Waals surface area contributed by atoms with Gasteiger partial charge in [-0.2, -0.15) is 5.10 Å². The number of thiophene rings is 1. The number of aromatic nitrogens is 5. The van der Waals surface area contributed by atoms with Crippen molar-refractivity contribution in [1.82, 2.24) is 24.7 Å². The van der Waals surface area contributed by atoms with E-state index in [-0.39, 0.29) is 0 Å². The van der Waals surface area contributed by atoms with Crippen molar-refractivity contribution in [3.8, 4) is 21.3 Å². The average molecular weight is 419 g/mol. The van der Waals surface area contributed by atoms with Crippen molar-refractivity contribution in [1.29, 1.82) is 0 Å². The number of anilines is 1. The maximum absolute atomic E-state index is 6.55. The molecule has 0 aliphatic rings. The summed E-state index contributed by atoms with van der Waals surface area (Å²) in [5, 5.41) is 14.3. The molecular weight excluding hydrogens is 394 g/mol. The molecule has 0 amide bonds. The Morgan fingerprint density at radius 2 is 2.04 bits per heavy atom. The van der Waals surface area contributed by atoms with Gasteiger partial charge in [-0.05, 0) is 25.8 Å². The monoisotopic (exact) mass is 418 g/mol. The van der Waals surface area contributed by atoms with Gasteiger partial charge < -0.3 is 5.32 Å². The van der Waals surface area contributed by atoms with E-state index in [0.29, 0.717) is 22.5 Å². The zero-order valence-electron chi connectivity index (χ0n) is 16.7. The van der Waals surface area contributed by atoms with Crippen LogP contribution < -0.4 is 10.7 Å². The third-order valence-electron chi connectivity index (χ3n) is 4.60. The van der Waals surface area contributed by atoms with Gasteiger partial charge in [0.25, 0.3) is 0 Å². The molecule has 0 spiro atoms. The van der Waals surface area contributed by atoms with Crippen LogP contribution in [0.5, 0.6) is 0 Å². The molecule has 0 radical (unpaired) electrons. The quantitative estimate of drug-likeness (QED) is 0.575. The fraction of sp³-hybridized carbons (Fsp3) is 0.421. The van der Waals surface area contributed by atoms with E-state index in [2.05, 4.69) is 29.2 Å². The SMILES string of the molecule is CCC(CC)Nc1nc(C)c(-c2sc(-c3ncnn3C)cc2Cl)nc1C(C)=[NH2+]. The maximum atomic E-state index is 6.55. The van der Waals surface area contributed by atoms with E-state index >= 15 is 0 Å². The second kappa shape index (κ2) is 8.36. The summed E-state index contributed by atoms with van der Waals surface area (Å²) < 4.78 is 1.72. The number of nitrogens with two attached hydrogens (primary N) is 1. The van der Waals surface area contributed by atoms with Gasteiger partial charge in [0.15, 0.2) is 23.0 Å². The molecule has 0 aliphatic heterocycles. The second-order valence-electron chi connectivity index (χ2n) is 6.69. The lowest BCUT2D eigenvalue weighted by Crippen LogP contribution is -2.39. The fourth-order valence-corrected chi connectivity index (χ4v) is 4.45. The van der Waals surface area contributed by atoms with Crippen LogP contribution in [-0.2, 0) is 7.05 Å². The number of halogens is 1. The third-order valence-corrected chi connectivity index (χ3v) is 6.15. The summed E-state index contributed by atoms with van der Waals surface area (Å²) in [4.78, 5) is 15.7. The van der Waals surface area contributed by atoms with Gasteiger partial charge >= 0.3 is 0 Å². The molecule has 0 unspecified atom stereocenters. The van der Waals surface area contributed by atoms with E-state index in [1.165, 1.54) is 17.7 Å². The van der Waals surface area contributed by atoms with Crippen LogP contribution in [0.3, 0.4) is 0 Å². The minimum Gasteiger partial charge on any atom is -0.365 e.